The summed E-state index contributed by atoms with van der Waals surface area (Å²) in [4.78, 5) is 26.8. The van der Waals surface area contributed by atoms with Gasteiger partial charge in [-0.05, 0) is 20.3 Å². The zero-order valence-corrected chi connectivity index (χ0v) is 11.0. The van der Waals surface area contributed by atoms with Gasteiger partial charge in [-0.1, -0.05) is 29.5 Å². The summed E-state index contributed by atoms with van der Waals surface area (Å²) in [6.07, 6.45) is 4.09. The third-order valence-electron chi connectivity index (χ3n) is 1.73. The first-order valence-electron chi connectivity index (χ1n) is 5.68. The SMILES string of the molecule is C=C(C)/C=C/CCC(=O)O/N=C(\C#N)C(=O)OCC. The van der Waals surface area contributed by atoms with Gasteiger partial charge in [-0.3, -0.25) is 0 Å². The number of allylic oxidation sites excluding steroid dienone is 3. The van der Waals surface area contributed by atoms with E-state index in [-0.39, 0.29) is 13.0 Å². The molecule has 0 amide bonds. The van der Waals surface area contributed by atoms with E-state index in [1.807, 2.05) is 6.92 Å². The topological polar surface area (TPSA) is 88.8 Å². The van der Waals surface area contributed by atoms with Gasteiger partial charge in [-0.2, -0.15) is 5.26 Å². The Hall–Kier alpha value is -2.42. The fraction of sp³-hybridized carbons (Fsp3) is 0.385. The van der Waals surface area contributed by atoms with Crippen LogP contribution in [0.3, 0.4) is 0 Å². The highest BCUT2D eigenvalue weighted by Crippen LogP contribution is 1.98. The van der Waals surface area contributed by atoms with E-state index in [1.54, 1.807) is 19.1 Å². The zero-order valence-electron chi connectivity index (χ0n) is 11.0. The highest BCUT2D eigenvalue weighted by atomic mass is 16.7. The molecule has 0 aromatic heterocycles. The third kappa shape index (κ3) is 8.32. The molecule has 0 rings (SSSR count). The summed E-state index contributed by atoms with van der Waals surface area (Å²) < 4.78 is 4.55. The molecule has 0 saturated carbocycles. The van der Waals surface area contributed by atoms with Crippen molar-refractivity contribution in [1.82, 2.24) is 0 Å². The second-order valence-corrected chi connectivity index (χ2v) is 3.52. The van der Waals surface area contributed by atoms with E-state index in [4.69, 9.17) is 5.26 Å². The first-order valence-corrected chi connectivity index (χ1v) is 5.68. The quantitative estimate of drug-likeness (QED) is 0.230. The minimum atomic E-state index is -0.917. The Labute approximate surface area is 112 Å². The fourth-order valence-corrected chi connectivity index (χ4v) is 0.931. The lowest BCUT2D eigenvalue weighted by Gasteiger charge is -1.98. The first kappa shape index (κ1) is 16.6. The Kier molecular flexibility index (Phi) is 8.37. The molecular formula is C13H16N2O4. The van der Waals surface area contributed by atoms with Crippen molar-refractivity contribution in [3.05, 3.63) is 24.3 Å². The van der Waals surface area contributed by atoms with Crippen LogP contribution >= 0.6 is 0 Å². The predicted molar refractivity (Wildman–Crippen MR) is 69.0 cm³/mol. The molecule has 0 N–H and O–H groups in total. The average molecular weight is 264 g/mol. The van der Waals surface area contributed by atoms with Crippen molar-refractivity contribution in [1.29, 1.82) is 5.26 Å². The van der Waals surface area contributed by atoms with E-state index in [0.717, 1.165) is 5.57 Å². The van der Waals surface area contributed by atoms with Gasteiger partial charge in [0.25, 0.3) is 5.71 Å². The van der Waals surface area contributed by atoms with Crippen LogP contribution in [0.5, 0.6) is 0 Å². The molecule has 0 fully saturated rings. The lowest BCUT2D eigenvalue weighted by molar-refractivity contribution is -0.143. The molecule has 102 valence electrons. The maximum Gasteiger partial charge on any atom is 0.371 e. The molecule has 0 unspecified atom stereocenters. The highest BCUT2D eigenvalue weighted by Gasteiger charge is 2.13. The van der Waals surface area contributed by atoms with Crippen LogP contribution in [-0.4, -0.2) is 24.3 Å². The van der Waals surface area contributed by atoms with Crippen molar-refractivity contribution < 1.29 is 19.2 Å². The van der Waals surface area contributed by atoms with Crippen LogP contribution in [0.15, 0.2) is 29.5 Å². The van der Waals surface area contributed by atoms with Gasteiger partial charge in [0, 0.05) is 0 Å². The number of carbonyl (C=O) groups is 2. The van der Waals surface area contributed by atoms with Crippen molar-refractivity contribution in [3.8, 4) is 6.07 Å². The molecule has 0 radical (unpaired) electrons. The van der Waals surface area contributed by atoms with Gasteiger partial charge in [0.1, 0.15) is 6.07 Å². The number of ether oxygens (including phenoxy) is 1. The third-order valence-corrected chi connectivity index (χ3v) is 1.73. The molecule has 0 spiro atoms. The number of hydrogen-bond donors (Lipinski definition) is 0. The lowest BCUT2D eigenvalue weighted by atomic mass is 10.2. The number of carbonyl (C=O) groups excluding carboxylic acids is 2. The van der Waals surface area contributed by atoms with Gasteiger partial charge in [0.2, 0.25) is 0 Å². The maximum atomic E-state index is 11.2. The molecule has 0 aromatic rings. The standard InChI is InChI=1S/C13H16N2O4/c1-4-18-13(17)11(9-14)15-19-12(16)8-6-5-7-10(2)3/h5,7H,2,4,6,8H2,1,3H3/b7-5+,15-11+. The average Bonchev–Trinajstić information content (AvgIpc) is 2.35. The second kappa shape index (κ2) is 9.59. The van der Waals surface area contributed by atoms with Crippen LogP contribution in [0.1, 0.15) is 26.7 Å². The van der Waals surface area contributed by atoms with E-state index >= 15 is 0 Å². The molecule has 0 aliphatic heterocycles. The molecule has 0 aromatic carbocycles. The predicted octanol–water partition coefficient (Wildman–Crippen LogP) is 1.88. The lowest BCUT2D eigenvalue weighted by Crippen LogP contribution is -2.16. The summed E-state index contributed by atoms with van der Waals surface area (Å²) in [6, 6.07) is 1.50. The van der Waals surface area contributed by atoms with Gasteiger partial charge < -0.3 is 9.57 Å². The summed E-state index contributed by atoms with van der Waals surface area (Å²) in [5.41, 5.74) is 0.285. The van der Waals surface area contributed by atoms with Crippen LogP contribution in [0, 0.1) is 11.3 Å². The monoisotopic (exact) mass is 264 g/mol. The van der Waals surface area contributed by atoms with Crippen LogP contribution in [0.2, 0.25) is 0 Å². The number of esters is 1. The number of oxime groups is 1. The Balaban J connectivity index is 4.22. The first-order chi connectivity index (χ1) is 9.01. The van der Waals surface area contributed by atoms with E-state index in [1.165, 1.54) is 6.07 Å². The fourth-order valence-electron chi connectivity index (χ4n) is 0.931. The molecule has 6 heteroatoms. The minimum absolute atomic E-state index is 0.0921. The molecule has 0 atom stereocenters. The van der Waals surface area contributed by atoms with Crippen molar-refractivity contribution in [3.63, 3.8) is 0 Å². The summed E-state index contributed by atoms with van der Waals surface area (Å²) in [7, 11) is 0. The molecule has 0 heterocycles. The van der Waals surface area contributed by atoms with Crippen molar-refractivity contribution in [2.24, 2.45) is 5.16 Å². The summed E-state index contributed by atoms with van der Waals surface area (Å²) in [5.74, 6) is -1.55. The van der Waals surface area contributed by atoms with Gasteiger partial charge >= 0.3 is 11.9 Å². The number of hydrogen-bond acceptors (Lipinski definition) is 6. The van der Waals surface area contributed by atoms with Gasteiger partial charge in [0.05, 0.1) is 13.0 Å². The Bertz CT molecular complexity index is 444. The summed E-state index contributed by atoms with van der Waals surface area (Å²) in [6.45, 7) is 7.20. The van der Waals surface area contributed by atoms with Crippen LogP contribution in [0.4, 0.5) is 0 Å². The molecule has 0 saturated heterocycles. The van der Waals surface area contributed by atoms with E-state index in [2.05, 4.69) is 21.3 Å². The van der Waals surface area contributed by atoms with Crippen molar-refractivity contribution in [2.75, 3.05) is 6.61 Å². The van der Waals surface area contributed by atoms with Crippen LogP contribution < -0.4 is 0 Å². The maximum absolute atomic E-state index is 11.2. The van der Waals surface area contributed by atoms with E-state index < -0.39 is 17.7 Å². The van der Waals surface area contributed by atoms with Gasteiger partial charge in [-0.15, -0.1) is 0 Å². The van der Waals surface area contributed by atoms with Crippen LogP contribution in [-0.2, 0) is 19.2 Å². The zero-order chi connectivity index (χ0) is 14.7. The summed E-state index contributed by atoms with van der Waals surface area (Å²) >= 11 is 0. The Morgan fingerprint density at radius 2 is 2.16 bits per heavy atom. The van der Waals surface area contributed by atoms with Crippen LogP contribution in [0.25, 0.3) is 0 Å². The largest absolute Gasteiger partial charge is 0.461 e. The summed E-state index contributed by atoms with van der Waals surface area (Å²) in [5, 5.41) is 11.8. The van der Waals surface area contributed by atoms with Crippen molar-refractivity contribution >= 4 is 17.7 Å². The minimum Gasteiger partial charge on any atom is -0.461 e. The van der Waals surface area contributed by atoms with Crippen molar-refractivity contribution in [2.45, 2.75) is 26.7 Å². The second-order valence-electron chi connectivity index (χ2n) is 3.52. The normalized spacial score (nSPS) is 10.9. The van der Waals surface area contributed by atoms with E-state index in [0.29, 0.717) is 6.42 Å². The molecule has 19 heavy (non-hydrogen) atoms. The molecular weight excluding hydrogens is 248 g/mol. The Morgan fingerprint density at radius 3 is 2.68 bits per heavy atom. The molecule has 0 bridgehead atoms. The highest BCUT2D eigenvalue weighted by molar-refractivity contribution is 6.42. The molecule has 0 aliphatic carbocycles. The number of nitriles is 1. The van der Waals surface area contributed by atoms with Gasteiger partial charge in [0.15, 0.2) is 0 Å². The smallest absolute Gasteiger partial charge is 0.371 e. The Morgan fingerprint density at radius 1 is 1.47 bits per heavy atom. The van der Waals surface area contributed by atoms with Gasteiger partial charge in [-0.25, -0.2) is 9.59 Å². The number of nitrogens with zero attached hydrogens (tertiary/aromatic N) is 2. The van der Waals surface area contributed by atoms with E-state index in [9.17, 15) is 9.59 Å². The molecule has 0 aliphatic rings. The molecule has 6 nitrogen and oxygen atoms in total. The number of rotatable bonds is 7.